The van der Waals surface area contributed by atoms with Crippen molar-refractivity contribution in [2.45, 2.75) is 11.9 Å². The van der Waals surface area contributed by atoms with Gasteiger partial charge < -0.3 is 4.74 Å². The summed E-state index contributed by atoms with van der Waals surface area (Å²) in [4.78, 5) is 0. The topological polar surface area (TPSA) is 9.23 Å². The van der Waals surface area contributed by atoms with Crippen molar-refractivity contribution < 1.29 is 9.13 Å². The van der Waals surface area contributed by atoms with Gasteiger partial charge in [0.1, 0.15) is 18.2 Å². The van der Waals surface area contributed by atoms with Gasteiger partial charge in [0.25, 0.3) is 0 Å². The molecule has 0 saturated carbocycles. The molecule has 0 heterocycles. The van der Waals surface area contributed by atoms with Crippen LogP contribution in [-0.2, 0) is 11.9 Å². The standard InChI is InChI=1S/C14H10Br2ClFO/c15-7-10-6-11(17)2-4-14(10)19-8-9-1-3-13(18)12(16)5-9/h1-6H,7-8H2. The second-order valence-electron chi connectivity index (χ2n) is 3.92. The maximum Gasteiger partial charge on any atom is 0.137 e. The van der Waals surface area contributed by atoms with Crippen LogP contribution < -0.4 is 4.74 Å². The average Bonchev–Trinajstić information content (AvgIpc) is 2.41. The highest BCUT2D eigenvalue weighted by Gasteiger charge is 2.05. The normalized spacial score (nSPS) is 10.5. The molecule has 0 amide bonds. The molecule has 2 rings (SSSR count). The molecule has 5 heteroatoms. The van der Waals surface area contributed by atoms with Crippen molar-refractivity contribution in [2.24, 2.45) is 0 Å². The van der Waals surface area contributed by atoms with Crippen LogP contribution in [0.1, 0.15) is 11.1 Å². The summed E-state index contributed by atoms with van der Waals surface area (Å²) in [6.07, 6.45) is 0. The summed E-state index contributed by atoms with van der Waals surface area (Å²) in [5.41, 5.74) is 1.87. The molecule has 0 unspecified atom stereocenters. The lowest BCUT2D eigenvalue weighted by molar-refractivity contribution is 0.303. The molecule has 0 aliphatic heterocycles. The van der Waals surface area contributed by atoms with Gasteiger partial charge in [0.15, 0.2) is 0 Å². The zero-order valence-electron chi connectivity index (χ0n) is 9.80. The molecule has 0 atom stereocenters. The summed E-state index contributed by atoms with van der Waals surface area (Å²) in [5.74, 6) is 0.484. The lowest BCUT2D eigenvalue weighted by Crippen LogP contribution is -1.98. The van der Waals surface area contributed by atoms with Crippen LogP contribution >= 0.6 is 43.5 Å². The van der Waals surface area contributed by atoms with Gasteiger partial charge in [-0.25, -0.2) is 4.39 Å². The average molecular weight is 408 g/mol. The first-order valence-corrected chi connectivity index (χ1v) is 7.80. The summed E-state index contributed by atoms with van der Waals surface area (Å²) in [6.45, 7) is 0.376. The van der Waals surface area contributed by atoms with Gasteiger partial charge in [-0.05, 0) is 51.8 Å². The van der Waals surface area contributed by atoms with Crippen molar-refractivity contribution in [2.75, 3.05) is 0 Å². The van der Waals surface area contributed by atoms with E-state index < -0.39 is 0 Å². The van der Waals surface area contributed by atoms with Gasteiger partial charge in [-0.3, -0.25) is 0 Å². The molecule has 0 bridgehead atoms. The quantitative estimate of drug-likeness (QED) is 0.589. The van der Waals surface area contributed by atoms with Crippen LogP contribution in [0.3, 0.4) is 0 Å². The van der Waals surface area contributed by atoms with Crippen molar-refractivity contribution in [1.82, 2.24) is 0 Å². The van der Waals surface area contributed by atoms with E-state index in [1.54, 1.807) is 18.2 Å². The highest BCUT2D eigenvalue weighted by molar-refractivity contribution is 9.10. The van der Waals surface area contributed by atoms with Crippen molar-refractivity contribution in [3.8, 4) is 5.75 Å². The van der Waals surface area contributed by atoms with E-state index in [0.29, 0.717) is 21.4 Å². The molecule has 2 aromatic rings. The SMILES string of the molecule is Fc1ccc(COc2ccc(Cl)cc2CBr)cc1Br. The molecule has 0 spiro atoms. The number of ether oxygens (including phenoxy) is 1. The molecule has 2 aromatic carbocycles. The lowest BCUT2D eigenvalue weighted by atomic mass is 10.2. The number of hydrogen-bond donors (Lipinski definition) is 0. The highest BCUT2D eigenvalue weighted by atomic mass is 79.9. The largest absolute Gasteiger partial charge is 0.489 e. The molecule has 0 N–H and O–H groups in total. The van der Waals surface area contributed by atoms with E-state index in [-0.39, 0.29) is 5.82 Å². The Hall–Kier alpha value is -0.580. The summed E-state index contributed by atoms with van der Waals surface area (Å²) in [5, 5.41) is 1.34. The number of hydrogen-bond acceptors (Lipinski definition) is 1. The number of rotatable bonds is 4. The minimum atomic E-state index is -0.281. The van der Waals surface area contributed by atoms with E-state index in [2.05, 4.69) is 31.9 Å². The molecular formula is C14H10Br2ClFO. The molecule has 0 fully saturated rings. The Kier molecular flexibility index (Phi) is 5.25. The number of benzene rings is 2. The Labute approximate surface area is 133 Å². The Balaban J connectivity index is 2.12. The number of alkyl halides is 1. The summed E-state index contributed by atoms with van der Waals surface area (Å²) in [7, 11) is 0. The van der Waals surface area contributed by atoms with Crippen molar-refractivity contribution >= 4 is 43.5 Å². The summed E-state index contributed by atoms with van der Waals surface area (Å²) < 4.78 is 19.3. The third-order valence-electron chi connectivity index (χ3n) is 2.54. The fourth-order valence-electron chi connectivity index (χ4n) is 1.58. The zero-order valence-corrected chi connectivity index (χ0v) is 13.7. The van der Waals surface area contributed by atoms with Crippen LogP contribution in [0, 0.1) is 5.82 Å². The Morgan fingerprint density at radius 2 is 1.95 bits per heavy atom. The maximum atomic E-state index is 13.1. The second-order valence-corrected chi connectivity index (χ2v) is 5.77. The van der Waals surface area contributed by atoms with Gasteiger partial charge in [0.05, 0.1) is 4.47 Å². The van der Waals surface area contributed by atoms with Gasteiger partial charge in [0, 0.05) is 15.9 Å². The van der Waals surface area contributed by atoms with Crippen LogP contribution in [0.5, 0.6) is 5.75 Å². The van der Waals surface area contributed by atoms with Crippen LogP contribution in [0.4, 0.5) is 4.39 Å². The van der Waals surface area contributed by atoms with E-state index in [4.69, 9.17) is 16.3 Å². The minimum absolute atomic E-state index is 0.281. The molecule has 0 aromatic heterocycles. The second kappa shape index (κ2) is 6.73. The minimum Gasteiger partial charge on any atom is -0.489 e. The van der Waals surface area contributed by atoms with E-state index >= 15 is 0 Å². The predicted molar refractivity (Wildman–Crippen MR) is 82.5 cm³/mol. The van der Waals surface area contributed by atoms with Gasteiger partial charge in [-0.1, -0.05) is 33.6 Å². The maximum absolute atomic E-state index is 13.1. The predicted octanol–water partition coefficient (Wildman–Crippen LogP) is 5.72. The van der Waals surface area contributed by atoms with E-state index in [0.717, 1.165) is 16.9 Å². The highest BCUT2D eigenvalue weighted by Crippen LogP contribution is 2.26. The Morgan fingerprint density at radius 1 is 1.16 bits per heavy atom. The van der Waals surface area contributed by atoms with Gasteiger partial charge in [0.2, 0.25) is 0 Å². The monoisotopic (exact) mass is 406 g/mol. The lowest BCUT2D eigenvalue weighted by Gasteiger charge is -2.11. The van der Waals surface area contributed by atoms with Gasteiger partial charge >= 0.3 is 0 Å². The van der Waals surface area contributed by atoms with Crippen molar-refractivity contribution in [1.29, 1.82) is 0 Å². The molecule has 0 saturated heterocycles. The first-order valence-electron chi connectivity index (χ1n) is 5.51. The molecule has 0 radical (unpaired) electrons. The molecule has 1 nitrogen and oxygen atoms in total. The third-order valence-corrected chi connectivity index (χ3v) is 3.99. The van der Waals surface area contributed by atoms with Crippen LogP contribution in [0.25, 0.3) is 0 Å². The number of halogens is 4. The fraction of sp³-hybridized carbons (Fsp3) is 0.143. The molecule has 19 heavy (non-hydrogen) atoms. The van der Waals surface area contributed by atoms with Crippen LogP contribution in [0.15, 0.2) is 40.9 Å². The van der Waals surface area contributed by atoms with E-state index in [9.17, 15) is 4.39 Å². The third kappa shape index (κ3) is 3.94. The van der Waals surface area contributed by atoms with Crippen LogP contribution in [-0.4, -0.2) is 0 Å². The van der Waals surface area contributed by atoms with Gasteiger partial charge in [-0.2, -0.15) is 0 Å². The first-order chi connectivity index (χ1) is 9.10. The summed E-state index contributed by atoms with van der Waals surface area (Å²) >= 11 is 12.5. The Morgan fingerprint density at radius 3 is 2.63 bits per heavy atom. The first kappa shape index (κ1) is 14.8. The molecule has 0 aliphatic carbocycles. The van der Waals surface area contributed by atoms with Crippen molar-refractivity contribution in [3.05, 3.63) is 62.8 Å². The van der Waals surface area contributed by atoms with Crippen LogP contribution in [0.2, 0.25) is 5.02 Å². The summed E-state index contributed by atoms with van der Waals surface area (Å²) in [6, 6.07) is 10.3. The smallest absolute Gasteiger partial charge is 0.137 e. The van der Waals surface area contributed by atoms with E-state index in [1.165, 1.54) is 6.07 Å². The van der Waals surface area contributed by atoms with Crippen molar-refractivity contribution in [3.63, 3.8) is 0 Å². The Bertz CT molecular complexity index is 590. The van der Waals surface area contributed by atoms with E-state index in [1.807, 2.05) is 12.1 Å². The fourth-order valence-corrected chi connectivity index (χ4v) is 2.64. The molecule has 100 valence electrons. The molecular weight excluding hydrogens is 398 g/mol. The zero-order chi connectivity index (χ0) is 13.8. The van der Waals surface area contributed by atoms with Gasteiger partial charge in [-0.15, -0.1) is 0 Å². The molecule has 0 aliphatic rings.